The van der Waals surface area contributed by atoms with E-state index in [2.05, 4.69) is 22.0 Å². The molecule has 0 radical (unpaired) electrons. The summed E-state index contributed by atoms with van der Waals surface area (Å²) in [5.74, 6) is 3.04. The molecule has 1 heterocycles. The van der Waals surface area contributed by atoms with Gasteiger partial charge in [-0.1, -0.05) is 36.4 Å². The Morgan fingerprint density at radius 3 is 2.23 bits per heavy atom. The lowest BCUT2D eigenvalue weighted by molar-refractivity contribution is 0.291. The van der Waals surface area contributed by atoms with E-state index in [0.717, 1.165) is 43.1 Å². The normalized spacial score (nSPS) is 12.8. The van der Waals surface area contributed by atoms with Crippen molar-refractivity contribution < 1.29 is 14.2 Å². The van der Waals surface area contributed by atoms with Crippen LogP contribution < -0.4 is 14.2 Å². The summed E-state index contributed by atoms with van der Waals surface area (Å²) >= 11 is 0. The number of rotatable bonds is 9. The van der Waals surface area contributed by atoms with Gasteiger partial charge in [0, 0.05) is 13.1 Å². The van der Waals surface area contributed by atoms with Gasteiger partial charge in [-0.05, 0) is 53.9 Å². The van der Waals surface area contributed by atoms with E-state index in [1.807, 2.05) is 67.0 Å². The zero-order chi connectivity index (χ0) is 20.6. The third-order valence-electron chi connectivity index (χ3n) is 5.00. The average Bonchev–Trinajstić information content (AvgIpc) is 3.32. The first-order chi connectivity index (χ1) is 14.8. The summed E-state index contributed by atoms with van der Waals surface area (Å²) in [6, 6.07) is 23.8. The molecule has 1 aliphatic rings. The van der Waals surface area contributed by atoms with Gasteiger partial charge in [-0.15, -0.1) is 0 Å². The molecule has 154 valence electrons. The Morgan fingerprint density at radius 2 is 1.53 bits per heavy atom. The molecular formula is C25H26N2O3. The van der Waals surface area contributed by atoms with Gasteiger partial charge in [-0.3, -0.25) is 4.99 Å². The second-order valence-electron chi connectivity index (χ2n) is 7.14. The van der Waals surface area contributed by atoms with Crippen LogP contribution in [-0.2, 0) is 13.0 Å². The minimum Gasteiger partial charge on any atom is -0.497 e. The molecule has 0 saturated carbocycles. The summed E-state index contributed by atoms with van der Waals surface area (Å²) < 4.78 is 17.3. The highest BCUT2D eigenvalue weighted by Crippen LogP contribution is 2.32. The fraction of sp³-hybridized carbons (Fsp3) is 0.240. The van der Waals surface area contributed by atoms with Crippen molar-refractivity contribution in [3.8, 4) is 23.0 Å². The van der Waals surface area contributed by atoms with Crippen molar-refractivity contribution in [2.24, 2.45) is 4.99 Å². The zero-order valence-corrected chi connectivity index (χ0v) is 17.2. The lowest BCUT2D eigenvalue weighted by Crippen LogP contribution is -2.22. The van der Waals surface area contributed by atoms with E-state index in [9.17, 15) is 0 Å². The quantitative estimate of drug-likeness (QED) is 0.508. The van der Waals surface area contributed by atoms with E-state index in [0.29, 0.717) is 18.1 Å². The molecule has 3 aromatic carbocycles. The van der Waals surface area contributed by atoms with Gasteiger partial charge in [0.25, 0.3) is 0 Å². The molecule has 0 bridgehead atoms. The molecule has 5 nitrogen and oxygen atoms in total. The lowest BCUT2D eigenvalue weighted by Gasteiger charge is -2.14. The minimum atomic E-state index is 0.461. The highest BCUT2D eigenvalue weighted by molar-refractivity contribution is 5.57. The molecule has 0 atom stereocenters. The van der Waals surface area contributed by atoms with Gasteiger partial charge in [0.2, 0.25) is 0 Å². The van der Waals surface area contributed by atoms with Gasteiger partial charge >= 0.3 is 0 Å². The Morgan fingerprint density at radius 1 is 0.833 bits per heavy atom. The SMILES string of the molecule is COc1ccc(COc2ccccc2Oc2ccc(CCN3C=NCC3)cc2)cc1. The van der Waals surface area contributed by atoms with Gasteiger partial charge in [-0.25, -0.2) is 0 Å². The average molecular weight is 402 g/mol. The first-order valence-corrected chi connectivity index (χ1v) is 10.2. The summed E-state index contributed by atoms with van der Waals surface area (Å²) in [5, 5.41) is 0. The van der Waals surface area contributed by atoms with Crippen LogP contribution >= 0.6 is 0 Å². The van der Waals surface area contributed by atoms with Gasteiger partial charge in [0.15, 0.2) is 11.5 Å². The Kier molecular flexibility index (Phi) is 6.50. The van der Waals surface area contributed by atoms with Crippen LogP contribution in [0, 0.1) is 0 Å². The van der Waals surface area contributed by atoms with Crippen molar-refractivity contribution in [1.82, 2.24) is 4.90 Å². The largest absolute Gasteiger partial charge is 0.497 e. The number of benzene rings is 3. The molecule has 0 amide bonds. The first-order valence-electron chi connectivity index (χ1n) is 10.2. The first kappa shape index (κ1) is 19.8. The van der Waals surface area contributed by atoms with E-state index >= 15 is 0 Å². The van der Waals surface area contributed by atoms with Crippen molar-refractivity contribution in [1.29, 1.82) is 0 Å². The van der Waals surface area contributed by atoms with E-state index in [1.54, 1.807) is 7.11 Å². The fourth-order valence-electron chi connectivity index (χ4n) is 3.25. The Labute approximate surface area is 177 Å². The monoisotopic (exact) mass is 402 g/mol. The number of para-hydroxylation sites is 2. The molecule has 0 aliphatic carbocycles. The molecular weight excluding hydrogens is 376 g/mol. The standard InChI is InChI=1S/C25H26N2O3/c1-28-22-10-8-21(9-11-22)18-29-24-4-2-3-5-25(24)30-23-12-6-20(7-13-23)14-16-27-17-15-26-19-27/h2-13,19H,14-18H2,1H3. The van der Waals surface area contributed by atoms with Crippen LogP contribution in [-0.4, -0.2) is 38.0 Å². The third-order valence-corrected chi connectivity index (χ3v) is 5.00. The zero-order valence-electron chi connectivity index (χ0n) is 17.2. The van der Waals surface area contributed by atoms with Gasteiger partial charge in [0.05, 0.1) is 20.0 Å². The van der Waals surface area contributed by atoms with Crippen LogP contribution in [0.4, 0.5) is 0 Å². The van der Waals surface area contributed by atoms with Crippen LogP contribution in [0.15, 0.2) is 77.8 Å². The smallest absolute Gasteiger partial charge is 0.169 e. The van der Waals surface area contributed by atoms with Crippen molar-refractivity contribution in [3.05, 3.63) is 83.9 Å². The van der Waals surface area contributed by atoms with E-state index in [-0.39, 0.29) is 0 Å². The van der Waals surface area contributed by atoms with Crippen LogP contribution in [0.3, 0.4) is 0 Å². The number of aliphatic imine (C=N–C) groups is 1. The third kappa shape index (κ3) is 5.32. The number of hydrogen-bond acceptors (Lipinski definition) is 5. The van der Waals surface area contributed by atoms with Crippen LogP contribution in [0.25, 0.3) is 0 Å². The Bertz CT molecular complexity index is 968. The summed E-state index contributed by atoms with van der Waals surface area (Å²) in [7, 11) is 1.66. The maximum Gasteiger partial charge on any atom is 0.169 e. The molecule has 0 fully saturated rings. The number of nitrogens with zero attached hydrogens (tertiary/aromatic N) is 2. The van der Waals surface area contributed by atoms with Gasteiger partial charge in [-0.2, -0.15) is 0 Å². The highest BCUT2D eigenvalue weighted by atomic mass is 16.5. The minimum absolute atomic E-state index is 0.461. The van der Waals surface area contributed by atoms with Crippen molar-refractivity contribution >= 4 is 6.34 Å². The number of methoxy groups -OCH3 is 1. The molecule has 0 aromatic heterocycles. The fourth-order valence-corrected chi connectivity index (χ4v) is 3.25. The van der Waals surface area contributed by atoms with Crippen molar-refractivity contribution in [2.45, 2.75) is 13.0 Å². The maximum absolute atomic E-state index is 6.09. The topological polar surface area (TPSA) is 43.3 Å². The van der Waals surface area contributed by atoms with Crippen LogP contribution in [0.2, 0.25) is 0 Å². The van der Waals surface area contributed by atoms with E-state index in [1.165, 1.54) is 5.56 Å². The predicted octanol–water partition coefficient (Wildman–Crippen LogP) is 4.95. The summed E-state index contributed by atoms with van der Waals surface area (Å²) in [6.45, 7) is 3.38. The molecule has 30 heavy (non-hydrogen) atoms. The molecule has 4 rings (SSSR count). The molecule has 0 spiro atoms. The van der Waals surface area contributed by atoms with Gasteiger partial charge in [0.1, 0.15) is 18.1 Å². The van der Waals surface area contributed by atoms with Gasteiger partial charge < -0.3 is 19.1 Å². The van der Waals surface area contributed by atoms with Crippen LogP contribution in [0.5, 0.6) is 23.0 Å². The Hall–Kier alpha value is -3.47. The molecule has 0 unspecified atom stereocenters. The Balaban J connectivity index is 1.35. The maximum atomic E-state index is 6.09. The summed E-state index contributed by atoms with van der Waals surface area (Å²) in [6.07, 6.45) is 2.94. The molecule has 0 saturated heterocycles. The van der Waals surface area contributed by atoms with Crippen molar-refractivity contribution in [3.63, 3.8) is 0 Å². The van der Waals surface area contributed by atoms with Crippen LogP contribution in [0.1, 0.15) is 11.1 Å². The predicted molar refractivity (Wildman–Crippen MR) is 119 cm³/mol. The van der Waals surface area contributed by atoms with E-state index < -0.39 is 0 Å². The number of hydrogen-bond donors (Lipinski definition) is 0. The highest BCUT2D eigenvalue weighted by Gasteiger charge is 2.08. The molecule has 0 N–H and O–H groups in total. The van der Waals surface area contributed by atoms with Crippen molar-refractivity contribution in [2.75, 3.05) is 26.7 Å². The second-order valence-corrected chi connectivity index (χ2v) is 7.14. The van der Waals surface area contributed by atoms with E-state index in [4.69, 9.17) is 14.2 Å². The molecule has 5 heteroatoms. The summed E-state index contributed by atoms with van der Waals surface area (Å²) in [5.41, 5.74) is 2.35. The number of ether oxygens (including phenoxy) is 3. The summed E-state index contributed by atoms with van der Waals surface area (Å²) in [4.78, 5) is 6.50. The molecule has 1 aliphatic heterocycles. The molecule has 3 aromatic rings. The lowest BCUT2D eigenvalue weighted by atomic mass is 10.1. The second kappa shape index (κ2) is 9.83.